The summed E-state index contributed by atoms with van der Waals surface area (Å²) in [5, 5.41) is 0.489. The molecule has 0 aliphatic carbocycles. The minimum Gasteiger partial charge on any atom is -0.486 e. The molecular formula is C20H20ClNO5S. The molecule has 4 rings (SSSR count). The first-order chi connectivity index (χ1) is 13.4. The van der Waals surface area contributed by atoms with Crippen molar-refractivity contribution in [3.63, 3.8) is 0 Å². The normalized spacial score (nSPS) is 18.0. The molecule has 0 saturated carbocycles. The second-order valence-electron chi connectivity index (χ2n) is 6.85. The van der Waals surface area contributed by atoms with E-state index in [-0.39, 0.29) is 16.6 Å². The van der Waals surface area contributed by atoms with Crippen LogP contribution in [0.4, 0.5) is 0 Å². The summed E-state index contributed by atoms with van der Waals surface area (Å²) in [6.07, 6.45) is 0.972. The summed E-state index contributed by atoms with van der Waals surface area (Å²) in [7, 11) is -3.58. The molecule has 1 saturated heterocycles. The predicted molar refractivity (Wildman–Crippen MR) is 105 cm³/mol. The van der Waals surface area contributed by atoms with Crippen molar-refractivity contribution in [1.82, 2.24) is 4.31 Å². The van der Waals surface area contributed by atoms with Crippen molar-refractivity contribution in [2.75, 3.05) is 26.3 Å². The van der Waals surface area contributed by atoms with E-state index < -0.39 is 10.0 Å². The van der Waals surface area contributed by atoms with Gasteiger partial charge in [0.1, 0.15) is 13.2 Å². The molecule has 2 aromatic rings. The van der Waals surface area contributed by atoms with E-state index in [1.165, 1.54) is 16.4 Å². The molecule has 0 bridgehead atoms. The van der Waals surface area contributed by atoms with Crippen LogP contribution in [-0.4, -0.2) is 44.8 Å². The number of nitrogens with zero attached hydrogens (tertiary/aromatic N) is 1. The molecule has 2 heterocycles. The number of ether oxygens (including phenoxy) is 2. The van der Waals surface area contributed by atoms with Crippen molar-refractivity contribution in [2.45, 2.75) is 17.7 Å². The van der Waals surface area contributed by atoms with Crippen molar-refractivity contribution < 1.29 is 22.7 Å². The van der Waals surface area contributed by atoms with Gasteiger partial charge < -0.3 is 9.47 Å². The Morgan fingerprint density at radius 3 is 2.29 bits per heavy atom. The zero-order valence-electron chi connectivity index (χ0n) is 15.1. The third kappa shape index (κ3) is 3.74. The Bertz CT molecular complexity index is 982. The van der Waals surface area contributed by atoms with Crippen LogP contribution in [0, 0.1) is 5.92 Å². The third-order valence-corrected chi connectivity index (χ3v) is 7.27. The Hall–Kier alpha value is -2.09. The molecule has 2 aliphatic heterocycles. The van der Waals surface area contributed by atoms with E-state index in [1.54, 1.807) is 30.3 Å². The lowest BCUT2D eigenvalue weighted by molar-refractivity contribution is 0.0874. The van der Waals surface area contributed by atoms with Crippen LogP contribution in [0.1, 0.15) is 23.2 Å². The maximum atomic E-state index is 12.9. The van der Waals surface area contributed by atoms with Gasteiger partial charge in [-0.3, -0.25) is 4.79 Å². The SMILES string of the molecule is O=C(c1ccc2c(c1)OCCO2)C1CCN(S(=O)(=O)c2ccc(Cl)cc2)CC1. The van der Waals surface area contributed by atoms with E-state index >= 15 is 0 Å². The monoisotopic (exact) mass is 421 g/mol. The van der Waals surface area contributed by atoms with Crippen LogP contribution in [0.25, 0.3) is 0 Å². The molecule has 0 N–H and O–H groups in total. The number of benzene rings is 2. The van der Waals surface area contributed by atoms with E-state index in [0.29, 0.717) is 61.2 Å². The van der Waals surface area contributed by atoms with E-state index in [9.17, 15) is 13.2 Å². The van der Waals surface area contributed by atoms with Crippen molar-refractivity contribution in [2.24, 2.45) is 5.92 Å². The van der Waals surface area contributed by atoms with Crippen molar-refractivity contribution in [3.8, 4) is 11.5 Å². The molecule has 0 unspecified atom stereocenters. The van der Waals surface area contributed by atoms with Gasteiger partial charge in [0.15, 0.2) is 17.3 Å². The third-order valence-electron chi connectivity index (χ3n) is 5.10. The summed E-state index contributed by atoms with van der Waals surface area (Å²) >= 11 is 5.84. The number of carbonyl (C=O) groups excluding carboxylic acids is 1. The number of hydrogen-bond acceptors (Lipinski definition) is 5. The molecule has 1 fully saturated rings. The van der Waals surface area contributed by atoms with Crippen LogP contribution in [0.3, 0.4) is 0 Å². The van der Waals surface area contributed by atoms with Gasteiger partial charge in [0.25, 0.3) is 0 Å². The summed E-state index contributed by atoms with van der Waals surface area (Å²) in [6.45, 7) is 1.59. The number of piperidine rings is 1. The molecular weight excluding hydrogens is 402 g/mol. The van der Waals surface area contributed by atoms with Gasteiger partial charge in [0.05, 0.1) is 4.90 Å². The van der Waals surface area contributed by atoms with Gasteiger partial charge >= 0.3 is 0 Å². The number of carbonyl (C=O) groups is 1. The number of ketones is 1. The molecule has 0 radical (unpaired) electrons. The average molecular weight is 422 g/mol. The topological polar surface area (TPSA) is 72.9 Å². The van der Waals surface area contributed by atoms with Crippen LogP contribution in [0.2, 0.25) is 5.02 Å². The summed E-state index contributed by atoms with van der Waals surface area (Å²) in [5.74, 6) is 1.03. The average Bonchev–Trinajstić information content (AvgIpc) is 2.73. The van der Waals surface area contributed by atoms with Gasteiger partial charge in [-0.25, -0.2) is 8.42 Å². The summed E-state index contributed by atoms with van der Waals surface area (Å²) in [6, 6.07) is 11.3. The standard InChI is InChI=1S/C20H20ClNO5S/c21-16-2-4-17(5-3-16)28(24,25)22-9-7-14(8-10-22)20(23)15-1-6-18-19(13-15)27-12-11-26-18/h1-6,13-14H,7-12H2. The van der Waals surface area contributed by atoms with Crippen LogP contribution < -0.4 is 9.47 Å². The Morgan fingerprint density at radius 2 is 1.61 bits per heavy atom. The number of sulfonamides is 1. The molecule has 8 heteroatoms. The lowest BCUT2D eigenvalue weighted by Gasteiger charge is -2.30. The highest BCUT2D eigenvalue weighted by molar-refractivity contribution is 7.89. The van der Waals surface area contributed by atoms with Crippen LogP contribution in [0.5, 0.6) is 11.5 Å². The fraction of sp³-hybridized carbons (Fsp3) is 0.350. The number of rotatable bonds is 4. The second-order valence-corrected chi connectivity index (χ2v) is 9.23. The first-order valence-corrected chi connectivity index (χ1v) is 11.0. The molecule has 6 nitrogen and oxygen atoms in total. The molecule has 0 amide bonds. The Morgan fingerprint density at radius 1 is 0.964 bits per heavy atom. The quantitative estimate of drug-likeness (QED) is 0.707. The molecule has 148 valence electrons. The van der Waals surface area contributed by atoms with E-state index in [2.05, 4.69) is 0 Å². The molecule has 0 atom stereocenters. The van der Waals surface area contributed by atoms with E-state index in [1.807, 2.05) is 0 Å². The van der Waals surface area contributed by atoms with Gasteiger partial charge in [0.2, 0.25) is 10.0 Å². The zero-order valence-corrected chi connectivity index (χ0v) is 16.7. The largest absolute Gasteiger partial charge is 0.486 e. The van der Waals surface area contributed by atoms with Crippen LogP contribution in [-0.2, 0) is 10.0 Å². The molecule has 0 spiro atoms. The van der Waals surface area contributed by atoms with Gasteiger partial charge in [-0.2, -0.15) is 4.31 Å². The van der Waals surface area contributed by atoms with Crippen LogP contribution >= 0.6 is 11.6 Å². The van der Waals surface area contributed by atoms with E-state index in [4.69, 9.17) is 21.1 Å². The minimum absolute atomic E-state index is 0.0144. The zero-order chi connectivity index (χ0) is 19.7. The molecule has 2 aliphatic rings. The lowest BCUT2D eigenvalue weighted by Crippen LogP contribution is -2.40. The fourth-order valence-corrected chi connectivity index (χ4v) is 5.14. The van der Waals surface area contributed by atoms with Gasteiger partial charge in [-0.1, -0.05) is 11.6 Å². The van der Waals surface area contributed by atoms with E-state index in [0.717, 1.165) is 0 Å². The highest BCUT2D eigenvalue weighted by atomic mass is 35.5. The number of Topliss-reactive ketones (excluding diaryl/α,β-unsaturated/α-hetero) is 1. The smallest absolute Gasteiger partial charge is 0.243 e. The maximum Gasteiger partial charge on any atom is 0.243 e. The summed E-state index contributed by atoms with van der Waals surface area (Å²) in [4.78, 5) is 13.1. The Kier molecular flexibility index (Phi) is 5.31. The summed E-state index contributed by atoms with van der Waals surface area (Å²) in [5.41, 5.74) is 0.572. The fourth-order valence-electron chi connectivity index (χ4n) is 3.55. The Balaban J connectivity index is 1.44. The molecule has 2 aromatic carbocycles. The minimum atomic E-state index is -3.58. The summed E-state index contributed by atoms with van der Waals surface area (Å²) < 4.78 is 38.0. The second kappa shape index (κ2) is 7.73. The van der Waals surface area contributed by atoms with Crippen LogP contribution in [0.15, 0.2) is 47.4 Å². The van der Waals surface area contributed by atoms with Gasteiger partial charge in [0, 0.05) is 29.6 Å². The highest BCUT2D eigenvalue weighted by Gasteiger charge is 2.32. The highest BCUT2D eigenvalue weighted by Crippen LogP contribution is 2.33. The molecule has 0 aromatic heterocycles. The first kappa shape index (κ1) is 19.2. The molecule has 28 heavy (non-hydrogen) atoms. The lowest BCUT2D eigenvalue weighted by atomic mass is 9.89. The number of fused-ring (bicyclic) bond motifs is 1. The first-order valence-electron chi connectivity index (χ1n) is 9.15. The predicted octanol–water partition coefficient (Wildman–Crippen LogP) is 3.39. The van der Waals surface area contributed by atoms with Crippen molar-refractivity contribution in [1.29, 1.82) is 0 Å². The maximum absolute atomic E-state index is 12.9. The number of hydrogen-bond donors (Lipinski definition) is 0. The van der Waals surface area contributed by atoms with Crippen molar-refractivity contribution in [3.05, 3.63) is 53.1 Å². The number of halogens is 1. The van der Waals surface area contributed by atoms with Gasteiger partial charge in [-0.05, 0) is 55.3 Å². The van der Waals surface area contributed by atoms with Gasteiger partial charge in [-0.15, -0.1) is 0 Å². The Labute approximate surface area is 169 Å². The van der Waals surface area contributed by atoms with Crippen molar-refractivity contribution >= 4 is 27.4 Å².